The molecule has 0 saturated heterocycles. The molecule has 0 atom stereocenters. The molecule has 8 heteroatoms. The number of aryl methyl sites for hydroxylation is 1. The smallest absolute Gasteiger partial charge is 0.349 e. The van der Waals surface area contributed by atoms with Gasteiger partial charge < -0.3 is 18.4 Å². The zero-order chi connectivity index (χ0) is 22.2. The maximum atomic E-state index is 12.0. The van der Waals surface area contributed by atoms with Gasteiger partial charge in [0, 0.05) is 0 Å². The summed E-state index contributed by atoms with van der Waals surface area (Å²) in [7, 11) is -3.54. The van der Waals surface area contributed by atoms with E-state index in [9.17, 15) is 13.2 Å². The first kappa shape index (κ1) is 23.5. The van der Waals surface area contributed by atoms with Crippen LogP contribution in [0, 0.1) is 0 Å². The van der Waals surface area contributed by atoms with Crippen molar-refractivity contribution in [1.82, 2.24) is 0 Å². The second-order valence-electron chi connectivity index (χ2n) is 7.19. The Balaban J connectivity index is 1.83. The molecule has 2 rings (SSSR count). The molecule has 7 nitrogen and oxygen atoms in total. The Kier molecular flexibility index (Phi) is 8.11. The molecular weight excluding hydrogens is 408 g/mol. The van der Waals surface area contributed by atoms with Gasteiger partial charge in [-0.1, -0.05) is 12.1 Å². The molecule has 30 heavy (non-hydrogen) atoms. The Morgan fingerprint density at radius 2 is 1.67 bits per heavy atom. The van der Waals surface area contributed by atoms with Crippen molar-refractivity contribution < 1.29 is 31.6 Å². The monoisotopic (exact) mass is 436 g/mol. The summed E-state index contributed by atoms with van der Waals surface area (Å²) < 4.78 is 43.6. The molecule has 0 N–H and O–H groups in total. The van der Waals surface area contributed by atoms with E-state index in [1.807, 2.05) is 18.2 Å². The average molecular weight is 437 g/mol. The fourth-order valence-corrected chi connectivity index (χ4v) is 3.10. The minimum Gasteiger partial charge on any atom is -0.494 e. The van der Waals surface area contributed by atoms with E-state index in [4.69, 9.17) is 18.4 Å². The molecule has 2 aromatic carbocycles. The molecule has 0 aliphatic carbocycles. The highest BCUT2D eigenvalue weighted by Crippen LogP contribution is 2.22. The number of esters is 1. The van der Waals surface area contributed by atoms with E-state index in [0.717, 1.165) is 24.7 Å². The molecule has 0 aliphatic rings. The number of hydrogen-bond acceptors (Lipinski definition) is 7. The van der Waals surface area contributed by atoms with Crippen molar-refractivity contribution in [2.24, 2.45) is 0 Å². The molecular formula is C22H28O7S. The third-order valence-electron chi connectivity index (χ3n) is 3.99. The Labute approximate surface area is 178 Å². The summed E-state index contributed by atoms with van der Waals surface area (Å²) in [6, 6.07) is 14.0. The summed E-state index contributed by atoms with van der Waals surface area (Å²) >= 11 is 0. The van der Waals surface area contributed by atoms with Crippen molar-refractivity contribution in [2.45, 2.75) is 39.2 Å². The lowest BCUT2D eigenvalue weighted by molar-refractivity contribution is -0.158. The van der Waals surface area contributed by atoms with E-state index in [-0.39, 0.29) is 5.75 Å². The van der Waals surface area contributed by atoms with Crippen molar-refractivity contribution in [3.8, 4) is 17.2 Å². The summed E-state index contributed by atoms with van der Waals surface area (Å²) in [5.41, 5.74) is -0.00211. The van der Waals surface area contributed by atoms with Gasteiger partial charge in [-0.3, -0.25) is 0 Å². The second-order valence-corrected chi connectivity index (χ2v) is 8.77. The highest BCUT2D eigenvalue weighted by Gasteiger charge is 2.31. The number of benzene rings is 2. The van der Waals surface area contributed by atoms with Crippen molar-refractivity contribution in [3.05, 3.63) is 54.1 Å². The number of carbonyl (C=O) groups is 1. The van der Waals surface area contributed by atoms with Gasteiger partial charge >= 0.3 is 16.1 Å². The van der Waals surface area contributed by atoms with Gasteiger partial charge in [-0.25, -0.2) is 4.79 Å². The first-order valence-corrected chi connectivity index (χ1v) is 11.5. The van der Waals surface area contributed by atoms with Gasteiger partial charge in [-0.15, -0.1) is 0 Å². The standard InChI is InChI=1S/C22H28O7S/c1-5-26-21(23)22(2,3)28-20-10-6-8-17(16-20)9-7-15-27-18-11-13-19(14-12-18)29-30(4,24)25/h6,8,10-14,16H,5,7,9,15H2,1-4H3. The summed E-state index contributed by atoms with van der Waals surface area (Å²) in [6.07, 6.45) is 2.54. The van der Waals surface area contributed by atoms with Crippen LogP contribution in [-0.2, 0) is 26.1 Å². The van der Waals surface area contributed by atoms with Crippen LogP contribution in [0.25, 0.3) is 0 Å². The van der Waals surface area contributed by atoms with Gasteiger partial charge in [0.2, 0.25) is 0 Å². The summed E-state index contributed by atoms with van der Waals surface area (Å²) in [5, 5.41) is 0. The minimum absolute atomic E-state index is 0.243. The molecule has 0 unspecified atom stereocenters. The zero-order valence-electron chi connectivity index (χ0n) is 17.7. The lowest BCUT2D eigenvalue weighted by Crippen LogP contribution is -2.39. The highest BCUT2D eigenvalue weighted by molar-refractivity contribution is 7.86. The van der Waals surface area contributed by atoms with E-state index in [1.54, 1.807) is 51.1 Å². The molecule has 2 aromatic rings. The van der Waals surface area contributed by atoms with Crippen molar-refractivity contribution >= 4 is 16.1 Å². The number of carbonyl (C=O) groups excluding carboxylic acids is 1. The van der Waals surface area contributed by atoms with Gasteiger partial charge in [-0.2, -0.15) is 8.42 Å². The number of ether oxygens (including phenoxy) is 3. The van der Waals surface area contributed by atoms with Crippen molar-refractivity contribution in [1.29, 1.82) is 0 Å². The Bertz CT molecular complexity index is 934. The third kappa shape index (κ3) is 7.94. The number of rotatable bonds is 11. The van der Waals surface area contributed by atoms with Crippen LogP contribution in [0.5, 0.6) is 17.2 Å². The van der Waals surface area contributed by atoms with E-state index in [1.165, 1.54) is 0 Å². The van der Waals surface area contributed by atoms with Crippen LogP contribution in [0.15, 0.2) is 48.5 Å². The average Bonchev–Trinajstić information content (AvgIpc) is 2.65. The molecule has 0 amide bonds. The zero-order valence-corrected chi connectivity index (χ0v) is 18.5. The molecule has 0 aromatic heterocycles. The van der Waals surface area contributed by atoms with E-state index in [2.05, 4.69) is 0 Å². The lowest BCUT2D eigenvalue weighted by atomic mass is 10.1. The Morgan fingerprint density at radius 3 is 2.30 bits per heavy atom. The van der Waals surface area contributed by atoms with Gasteiger partial charge in [0.15, 0.2) is 5.60 Å². The summed E-state index contributed by atoms with van der Waals surface area (Å²) in [6.45, 7) is 5.91. The van der Waals surface area contributed by atoms with Gasteiger partial charge in [0.1, 0.15) is 17.2 Å². The van der Waals surface area contributed by atoms with Crippen LogP contribution >= 0.6 is 0 Å². The van der Waals surface area contributed by atoms with Crippen molar-refractivity contribution in [2.75, 3.05) is 19.5 Å². The number of hydrogen-bond donors (Lipinski definition) is 0. The molecule has 0 radical (unpaired) electrons. The molecule has 0 saturated carbocycles. The van der Waals surface area contributed by atoms with Crippen molar-refractivity contribution in [3.63, 3.8) is 0 Å². The predicted molar refractivity (Wildman–Crippen MR) is 114 cm³/mol. The van der Waals surface area contributed by atoms with Gasteiger partial charge in [0.05, 0.1) is 19.5 Å². The Morgan fingerprint density at radius 1 is 1.00 bits per heavy atom. The first-order chi connectivity index (χ1) is 14.1. The first-order valence-electron chi connectivity index (χ1n) is 9.66. The predicted octanol–water partition coefficient (Wildman–Crippen LogP) is 3.76. The van der Waals surface area contributed by atoms with Crippen LogP contribution < -0.4 is 13.7 Å². The Hall–Kier alpha value is -2.74. The molecule has 164 valence electrons. The SMILES string of the molecule is CCOC(=O)C(C)(C)Oc1cccc(CCCOc2ccc(OS(C)(=O)=O)cc2)c1. The highest BCUT2D eigenvalue weighted by atomic mass is 32.2. The third-order valence-corrected chi connectivity index (χ3v) is 4.48. The van der Waals surface area contributed by atoms with Crippen LogP contribution in [0.4, 0.5) is 0 Å². The molecule has 0 heterocycles. The summed E-state index contributed by atoms with van der Waals surface area (Å²) in [4.78, 5) is 12.0. The largest absolute Gasteiger partial charge is 0.494 e. The van der Waals surface area contributed by atoms with E-state index < -0.39 is 21.7 Å². The quantitative estimate of drug-likeness (QED) is 0.301. The van der Waals surface area contributed by atoms with Gasteiger partial charge in [-0.05, 0) is 75.6 Å². The maximum Gasteiger partial charge on any atom is 0.349 e. The van der Waals surface area contributed by atoms with Crippen LogP contribution in [0.1, 0.15) is 32.8 Å². The fourth-order valence-electron chi connectivity index (χ4n) is 2.64. The molecule has 0 spiro atoms. The second kappa shape index (κ2) is 10.3. The van der Waals surface area contributed by atoms with E-state index in [0.29, 0.717) is 24.7 Å². The topological polar surface area (TPSA) is 88.1 Å². The fraction of sp³-hybridized carbons (Fsp3) is 0.409. The normalized spacial score (nSPS) is 11.6. The lowest BCUT2D eigenvalue weighted by Gasteiger charge is -2.24. The van der Waals surface area contributed by atoms with Crippen LogP contribution in [0.2, 0.25) is 0 Å². The molecule has 0 fully saturated rings. The van der Waals surface area contributed by atoms with Crippen LogP contribution in [0.3, 0.4) is 0 Å². The van der Waals surface area contributed by atoms with E-state index >= 15 is 0 Å². The van der Waals surface area contributed by atoms with Gasteiger partial charge in [0.25, 0.3) is 0 Å². The van der Waals surface area contributed by atoms with Crippen LogP contribution in [-0.4, -0.2) is 39.5 Å². The minimum atomic E-state index is -3.54. The molecule has 0 aliphatic heterocycles. The summed E-state index contributed by atoms with van der Waals surface area (Å²) in [5.74, 6) is 1.07. The molecule has 0 bridgehead atoms. The maximum absolute atomic E-state index is 12.0.